The standard InChI is InChI=1S/C23H27ClNO2P/c1-4-7-13-21-20-15-14-19(24)17-22(20)28(26,27-6-3)25(16-5-2)23(21)18-11-9-8-10-12-18/h4,7-12,14-15,17H,5-6,13,16H2,1-3H3/b7-4+. The minimum Gasteiger partial charge on any atom is -0.310 e. The quantitative estimate of drug-likeness (QED) is 0.369. The largest absolute Gasteiger partial charge is 0.327 e. The van der Waals surface area contributed by atoms with Crippen molar-refractivity contribution in [3.63, 3.8) is 0 Å². The lowest BCUT2D eigenvalue weighted by atomic mass is 9.96. The molecule has 2 aromatic rings. The fraction of sp³-hybridized carbons (Fsp3) is 0.304. The van der Waals surface area contributed by atoms with Gasteiger partial charge in [0.05, 0.1) is 17.6 Å². The summed E-state index contributed by atoms with van der Waals surface area (Å²) in [6.45, 7) is 7.01. The molecule has 0 radical (unpaired) electrons. The highest BCUT2D eigenvalue weighted by atomic mass is 35.5. The van der Waals surface area contributed by atoms with E-state index in [4.69, 9.17) is 16.1 Å². The van der Waals surface area contributed by atoms with Crippen molar-refractivity contribution < 1.29 is 9.09 Å². The van der Waals surface area contributed by atoms with Crippen molar-refractivity contribution in [2.24, 2.45) is 0 Å². The van der Waals surface area contributed by atoms with Gasteiger partial charge in [0.15, 0.2) is 0 Å². The molecule has 5 heteroatoms. The third-order valence-electron chi connectivity index (χ3n) is 4.80. The van der Waals surface area contributed by atoms with Crippen molar-refractivity contribution in [2.75, 3.05) is 13.2 Å². The van der Waals surface area contributed by atoms with Gasteiger partial charge in [0.25, 0.3) is 0 Å². The average molecular weight is 416 g/mol. The maximum atomic E-state index is 14.3. The summed E-state index contributed by atoms with van der Waals surface area (Å²) in [5.41, 5.74) is 4.16. The summed E-state index contributed by atoms with van der Waals surface area (Å²) < 4.78 is 22.3. The molecule has 1 aliphatic heterocycles. The van der Waals surface area contributed by atoms with Crippen LogP contribution in [-0.2, 0) is 9.09 Å². The third kappa shape index (κ3) is 3.85. The molecule has 0 fully saturated rings. The van der Waals surface area contributed by atoms with Gasteiger partial charge in [-0.25, -0.2) is 0 Å². The van der Waals surface area contributed by atoms with Gasteiger partial charge in [-0.1, -0.05) is 67.1 Å². The van der Waals surface area contributed by atoms with Crippen LogP contribution in [0, 0.1) is 0 Å². The molecule has 0 amide bonds. The van der Waals surface area contributed by atoms with E-state index in [2.05, 4.69) is 25.1 Å². The van der Waals surface area contributed by atoms with E-state index in [1.165, 1.54) is 0 Å². The number of halogens is 1. The van der Waals surface area contributed by atoms with Gasteiger partial charge in [0.2, 0.25) is 0 Å². The average Bonchev–Trinajstić information content (AvgIpc) is 2.70. The Morgan fingerprint density at radius 3 is 2.54 bits per heavy atom. The summed E-state index contributed by atoms with van der Waals surface area (Å²) in [5.74, 6) is 0. The molecule has 1 heterocycles. The van der Waals surface area contributed by atoms with Crippen LogP contribution in [0.1, 0.15) is 44.7 Å². The molecular formula is C23H27ClNO2P. The number of benzene rings is 2. The van der Waals surface area contributed by atoms with E-state index in [0.29, 0.717) is 23.5 Å². The van der Waals surface area contributed by atoms with E-state index in [1.807, 2.05) is 61.0 Å². The second kappa shape index (κ2) is 9.13. The zero-order valence-electron chi connectivity index (χ0n) is 16.7. The van der Waals surface area contributed by atoms with E-state index in [-0.39, 0.29) is 0 Å². The molecule has 0 N–H and O–H groups in total. The SMILES string of the molecule is C/C=C/CC1=C(c2ccccc2)N(CCC)P(=O)(OCC)c2cc(Cl)ccc21. The highest BCUT2D eigenvalue weighted by molar-refractivity contribution is 7.65. The number of hydrogen-bond acceptors (Lipinski definition) is 2. The fourth-order valence-electron chi connectivity index (χ4n) is 3.67. The van der Waals surface area contributed by atoms with Crippen LogP contribution in [0.5, 0.6) is 0 Å². The van der Waals surface area contributed by atoms with Crippen molar-refractivity contribution in [1.82, 2.24) is 4.67 Å². The monoisotopic (exact) mass is 415 g/mol. The predicted molar refractivity (Wildman–Crippen MR) is 120 cm³/mol. The second-order valence-corrected chi connectivity index (χ2v) is 9.39. The first-order valence-electron chi connectivity index (χ1n) is 9.79. The lowest BCUT2D eigenvalue weighted by Crippen LogP contribution is -2.33. The molecule has 2 aromatic carbocycles. The highest BCUT2D eigenvalue weighted by Crippen LogP contribution is 2.59. The lowest BCUT2D eigenvalue weighted by Gasteiger charge is -2.40. The Kier molecular flexibility index (Phi) is 6.82. The van der Waals surface area contributed by atoms with Crippen molar-refractivity contribution >= 4 is 35.7 Å². The molecule has 0 aromatic heterocycles. The van der Waals surface area contributed by atoms with Crippen LogP contribution < -0.4 is 5.30 Å². The number of nitrogens with zero attached hydrogens (tertiary/aromatic N) is 1. The molecule has 0 bridgehead atoms. The zero-order chi connectivity index (χ0) is 20.1. The Morgan fingerprint density at radius 1 is 1.14 bits per heavy atom. The van der Waals surface area contributed by atoms with E-state index in [9.17, 15) is 4.57 Å². The number of allylic oxidation sites excluding steroid dienone is 3. The summed E-state index contributed by atoms with van der Waals surface area (Å²) in [7, 11) is -3.28. The predicted octanol–water partition coefficient (Wildman–Crippen LogP) is 6.76. The Bertz CT molecular complexity index is 937. The van der Waals surface area contributed by atoms with Crippen molar-refractivity contribution in [3.8, 4) is 0 Å². The Morgan fingerprint density at radius 2 is 1.89 bits per heavy atom. The van der Waals surface area contributed by atoms with Gasteiger partial charge >= 0.3 is 7.52 Å². The van der Waals surface area contributed by atoms with E-state index < -0.39 is 7.52 Å². The molecular weight excluding hydrogens is 389 g/mol. The molecule has 0 saturated carbocycles. The van der Waals surface area contributed by atoms with Gasteiger partial charge in [-0.15, -0.1) is 0 Å². The topological polar surface area (TPSA) is 29.5 Å². The van der Waals surface area contributed by atoms with E-state index in [0.717, 1.165) is 35.2 Å². The zero-order valence-corrected chi connectivity index (χ0v) is 18.3. The number of fused-ring (bicyclic) bond motifs is 1. The van der Waals surface area contributed by atoms with Gasteiger partial charge in [-0.3, -0.25) is 9.24 Å². The third-order valence-corrected chi connectivity index (χ3v) is 7.65. The van der Waals surface area contributed by atoms with Gasteiger partial charge in [0.1, 0.15) is 0 Å². The second-order valence-electron chi connectivity index (χ2n) is 6.69. The highest BCUT2D eigenvalue weighted by Gasteiger charge is 2.42. The van der Waals surface area contributed by atoms with Crippen molar-refractivity contribution in [2.45, 2.75) is 33.6 Å². The van der Waals surface area contributed by atoms with Crippen molar-refractivity contribution in [1.29, 1.82) is 0 Å². The summed E-state index contributed by atoms with van der Waals surface area (Å²) >= 11 is 6.31. The normalized spacial score (nSPS) is 19.4. The molecule has 1 unspecified atom stereocenters. The number of hydrogen-bond donors (Lipinski definition) is 0. The maximum absolute atomic E-state index is 14.3. The van der Waals surface area contributed by atoms with Crippen LogP contribution >= 0.6 is 19.1 Å². The molecule has 3 rings (SSSR count). The molecule has 1 aliphatic rings. The first-order chi connectivity index (χ1) is 13.6. The summed E-state index contributed by atoms with van der Waals surface area (Å²) in [6, 6.07) is 15.8. The first-order valence-corrected chi connectivity index (χ1v) is 11.7. The smallest absolute Gasteiger partial charge is 0.310 e. The maximum Gasteiger partial charge on any atom is 0.327 e. The Balaban J connectivity index is 2.38. The summed E-state index contributed by atoms with van der Waals surface area (Å²) in [4.78, 5) is 0. The number of rotatable bonds is 7. The molecule has 3 nitrogen and oxygen atoms in total. The van der Waals surface area contributed by atoms with E-state index >= 15 is 0 Å². The lowest BCUT2D eigenvalue weighted by molar-refractivity contribution is 0.305. The minimum absolute atomic E-state index is 0.371. The minimum atomic E-state index is -3.28. The van der Waals surface area contributed by atoms with Gasteiger partial charge in [0, 0.05) is 11.6 Å². The first kappa shape index (κ1) is 20.9. The van der Waals surface area contributed by atoms with Crippen LogP contribution in [0.4, 0.5) is 0 Å². The molecule has 0 spiro atoms. The molecule has 0 aliphatic carbocycles. The van der Waals surface area contributed by atoms with E-state index in [1.54, 1.807) is 0 Å². The molecule has 148 valence electrons. The van der Waals surface area contributed by atoms with Gasteiger partial charge < -0.3 is 4.52 Å². The van der Waals surface area contributed by atoms with Crippen LogP contribution in [0.25, 0.3) is 11.3 Å². The molecule has 1 atom stereocenters. The van der Waals surface area contributed by atoms with Crippen LogP contribution in [-0.4, -0.2) is 17.8 Å². The Labute approximate surface area is 173 Å². The van der Waals surface area contributed by atoms with Crippen LogP contribution in [0.2, 0.25) is 5.02 Å². The molecule has 0 saturated heterocycles. The van der Waals surface area contributed by atoms with Crippen LogP contribution in [0.15, 0.2) is 60.7 Å². The molecule has 28 heavy (non-hydrogen) atoms. The van der Waals surface area contributed by atoms with Crippen LogP contribution in [0.3, 0.4) is 0 Å². The summed E-state index contributed by atoms with van der Waals surface area (Å²) in [6.07, 6.45) is 5.80. The summed E-state index contributed by atoms with van der Waals surface area (Å²) in [5, 5.41) is 1.28. The Hall–Kier alpha value is -1.80. The van der Waals surface area contributed by atoms with Gasteiger partial charge in [-0.05, 0) is 55.5 Å². The van der Waals surface area contributed by atoms with Crippen molar-refractivity contribution in [3.05, 3.63) is 76.8 Å². The fourth-order valence-corrected chi connectivity index (χ4v) is 6.59. The van der Waals surface area contributed by atoms with Gasteiger partial charge in [-0.2, -0.15) is 0 Å².